The standard InChI is InChI=1S/C14H30N4O/c1-5-17(6-2)12-9-15-13-7-10-18(11-8-13)14(19)16(3)4/h13,15H,5-12H2,1-4H3. The zero-order valence-corrected chi connectivity index (χ0v) is 13.0. The maximum Gasteiger partial charge on any atom is 0.319 e. The molecular weight excluding hydrogens is 240 g/mol. The van der Waals surface area contributed by atoms with Crippen LogP contribution in [0.2, 0.25) is 0 Å². The van der Waals surface area contributed by atoms with E-state index in [2.05, 4.69) is 24.1 Å². The van der Waals surface area contributed by atoms with E-state index in [-0.39, 0.29) is 6.03 Å². The number of likely N-dealkylation sites (N-methyl/N-ethyl adjacent to an activating group) is 1. The van der Waals surface area contributed by atoms with Crippen LogP contribution in [0.4, 0.5) is 4.79 Å². The van der Waals surface area contributed by atoms with Gasteiger partial charge in [0.05, 0.1) is 0 Å². The molecule has 0 aromatic heterocycles. The van der Waals surface area contributed by atoms with Crippen molar-refractivity contribution in [2.75, 3.05) is 53.4 Å². The Hall–Kier alpha value is -0.810. The van der Waals surface area contributed by atoms with Crippen molar-refractivity contribution in [3.05, 3.63) is 0 Å². The van der Waals surface area contributed by atoms with E-state index in [1.807, 2.05) is 19.0 Å². The summed E-state index contributed by atoms with van der Waals surface area (Å²) in [5.74, 6) is 0. The summed E-state index contributed by atoms with van der Waals surface area (Å²) in [6.45, 7) is 10.6. The van der Waals surface area contributed by atoms with Crippen molar-refractivity contribution < 1.29 is 4.79 Å². The predicted molar refractivity (Wildman–Crippen MR) is 79.5 cm³/mol. The second kappa shape index (κ2) is 8.38. The molecule has 1 saturated heterocycles. The average Bonchev–Trinajstić information content (AvgIpc) is 2.43. The van der Waals surface area contributed by atoms with E-state index in [9.17, 15) is 4.79 Å². The topological polar surface area (TPSA) is 38.8 Å². The quantitative estimate of drug-likeness (QED) is 0.784. The molecule has 0 saturated carbocycles. The number of urea groups is 1. The van der Waals surface area contributed by atoms with Crippen molar-refractivity contribution in [1.29, 1.82) is 0 Å². The van der Waals surface area contributed by atoms with Crippen molar-refractivity contribution in [2.24, 2.45) is 0 Å². The van der Waals surface area contributed by atoms with Crippen LogP contribution in [0.3, 0.4) is 0 Å². The van der Waals surface area contributed by atoms with Gasteiger partial charge in [-0.3, -0.25) is 0 Å². The molecule has 0 bridgehead atoms. The fourth-order valence-electron chi connectivity index (χ4n) is 2.52. The highest BCUT2D eigenvalue weighted by Gasteiger charge is 2.23. The van der Waals surface area contributed by atoms with E-state index in [1.165, 1.54) is 0 Å². The molecule has 112 valence electrons. The number of likely N-dealkylation sites (tertiary alicyclic amines) is 1. The maximum atomic E-state index is 11.8. The zero-order valence-electron chi connectivity index (χ0n) is 13.0. The Balaban J connectivity index is 2.18. The number of hydrogen-bond acceptors (Lipinski definition) is 3. The molecule has 1 fully saturated rings. The van der Waals surface area contributed by atoms with Crippen LogP contribution in [0.25, 0.3) is 0 Å². The molecule has 2 amide bonds. The maximum absolute atomic E-state index is 11.8. The minimum absolute atomic E-state index is 0.140. The Morgan fingerprint density at radius 1 is 1.21 bits per heavy atom. The van der Waals surface area contributed by atoms with Crippen LogP contribution in [-0.2, 0) is 0 Å². The lowest BCUT2D eigenvalue weighted by atomic mass is 10.1. The van der Waals surface area contributed by atoms with Gasteiger partial charge in [0.25, 0.3) is 0 Å². The number of rotatable bonds is 6. The van der Waals surface area contributed by atoms with Gasteiger partial charge in [0, 0.05) is 46.3 Å². The van der Waals surface area contributed by atoms with Crippen molar-refractivity contribution in [1.82, 2.24) is 20.0 Å². The van der Waals surface area contributed by atoms with Gasteiger partial charge in [0.15, 0.2) is 0 Å². The third-order valence-electron chi connectivity index (χ3n) is 3.90. The summed E-state index contributed by atoms with van der Waals surface area (Å²) in [5, 5.41) is 3.62. The average molecular weight is 270 g/mol. The van der Waals surface area contributed by atoms with Crippen LogP contribution < -0.4 is 5.32 Å². The number of amides is 2. The molecule has 0 spiro atoms. The van der Waals surface area contributed by atoms with Gasteiger partial charge >= 0.3 is 6.03 Å². The normalized spacial score (nSPS) is 17.0. The largest absolute Gasteiger partial charge is 0.331 e. The molecule has 5 heteroatoms. The summed E-state index contributed by atoms with van der Waals surface area (Å²) >= 11 is 0. The van der Waals surface area contributed by atoms with Gasteiger partial charge in [-0.2, -0.15) is 0 Å². The van der Waals surface area contributed by atoms with Crippen LogP contribution in [-0.4, -0.2) is 80.1 Å². The molecule has 0 atom stereocenters. The third kappa shape index (κ3) is 5.37. The summed E-state index contributed by atoms with van der Waals surface area (Å²) in [6.07, 6.45) is 2.13. The minimum Gasteiger partial charge on any atom is -0.331 e. The van der Waals surface area contributed by atoms with E-state index in [0.717, 1.165) is 52.1 Å². The van der Waals surface area contributed by atoms with Gasteiger partial charge in [-0.25, -0.2) is 4.79 Å². The Labute approximate surface area is 117 Å². The van der Waals surface area contributed by atoms with E-state index in [4.69, 9.17) is 0 Å². The second-order valence-corrected chi connectivity index (χ2v) is 5.42. The first-order valence-corrected chi connectivity index (χ1v) is 7.50. The van der Waals surface area contributed by atoms with Crippen molar-refractivity contribution in [3.63, 3.8) is 0 Å². The zero-order chi connectivity index (χ0) is 14.3. The van der Waals surface area contributed by atoms with E-state index in [1.54, 1.807) is 4.90 Å². The second-order valence-electron chi connectivity index (χ2n) is 5.42. The Morgan fingerprint density at radius 2 is 1.79 bits per heavy atom. The minimum atomic E-state index is 0.140. The summed E-state index contributed by atoms with van der Waals surface area (Å²) in [6, 6.07) is 0.711. The summed E-state index contributed by atoms with van der Waals surface area (Å²) in [4.78, 5) is 17.8. The number of hydrogen-bond donors (Lipinski definition) is 1. The van der Waals surface area contributed by atoms with Gasteiger partial charge in [0.2, 0.25) is 0 Å². The molecule has 1 rings (SSSR count). The molecule has 0 aliphatic carbocycles. The first-order valence-electron chi connectivity index (χ1n) is 7.50. The SMILES string of the molecule is CCN(CC)CCNC1CCN(C(=O)N(C)C)CC1. The number of piperidine rings is 1. The van der Waals surface area contributed by atoms with Crippen LogP contribution >= 0.6 is 0 Å². The number of nitrogens with one attached hydrogen (secondary N) is 1. The summed E-state index contributed by atoms with van der Waals surface area (Å²) < 4.78 is 0. The fourth-order valence-corrected chi connectivity index (χ4v) is 2.52. The molecular formula is C14H30N4O. The molecule has 0 aromatic rings. The molecule has 0 unspecified atom stereocenters. The van der Waals surface area contributed by atoms with Gasteiger partial charge in [-0.15, -0.1) is 0 Å². The molecule has 1 N–H and O–H groups in total. The van der Waals surface area contributed by atoms with E-state index >= 15 is 0 Å². The molecule has 1 aliphatic heterocycles. The predicted octanol–water partition coefficient (Wildman–Crippen LogP) is 1.06. The molecule has 1 heterocycles. The highest BCUT2D eigenvalue weighted by atomic mass is 16.2. The van der Waals surface area contributed by atoms with Crippen LogP contribution in [0.15, 0.2) is 0 Å². The number of carbonyl (C=O) groups excluding carboxylic acids is 1. The first kappa shape index (κ1) is 16.2. The Morgan fingerprint density at radius 3 is 2.26 bits per heavy atom. The molecule has 5 nitrogen and oxygen atoms in total. The van der Waals surface area contributed by atoms with Gasteiger partial charge < -0.3 is 20.0 Å². The Bertz CT molecular complexity index is 258. The van der Waals surface area contributed by atoms with Gasteiger partial charge in [-0.1, -0.05) is 13.8 Å². The molecule has 0 aromatic carbocycles. The fraction of sp³-hybridized carbons (Fsp3) is 0.929. The van der Waals surface area contributed by atoms with Crippen molar-refractivity contribution >= 4 is 6.03 Å². The lowest BCUT2D eigenvalue weighted by molar-refractivity contribution is 0.152. The first-order chi connectivity index (χ1) is 9.08. The number of carbonyl (C=O) groups is 1. The van der Waals surface area contributed by atoms with Crippen molar-refractivity contribution in [3.8, 4) is 0 Å². The molecule has 1 aliphatic rings. The van der Waals surface area contributed by atoms with Crippen molar-refractivity contribution in [2.45, 2.75) is 32.7 Å². The highest BCUT2D eigenvalue weighted by Crippen LogP contribution is 2.11. The van der Waals surface area contributed by atoms with Gasteiger partial charge in [0.1, 0.15) is 0 Å². The van der Waals surface area contributed by atoms with E-state index < -0.39 is 0 Å². The lowest BCUT2D eigenvalue weighted by Crippen LogP contribution is -2.49. The summed E-state index contributed by atoms with van der Waals surface area (Å²) in [5.41, 5.74) is 0. The highest BCUT2D eigenvalue weighted by molar-refractivity contribution is 5.73. The van der Waals surface area contributed by atoms with Gasteiger partial charge in [-0.05, 0) is 25.9 Å². The van der Waals surface area contributed by atoms with Crippen LogP contribution in [0.1, 0.15) is 26.7 Å². The summed E-state index contributed by atoms with van der Waals surface area (Å²) in [7, 11) is 3.63. The third-order valence-corrected chi connectivity index (χ3v) is 3.90. The van der Waals surface area contributed by atoms with Crippen LogP contribution in [0.5, 0.6) is 0 Å². The lowest BCUT2D eigenvalue weighted by Gasteiger charge is -2.34. The molecule has 19 heavy (non-hydrogen) atoms. The monoisotopic (exact) mass is 270 g/mol. The smallest absolute Gasteiger partial charge is 0.319 e. The van der Waals surface area contributed by atoms with E-state index in [0.29, 0.717) is 6.04 Å². The number of nitrogens with zero attached hydrogens (tertiary/aromatic N) is 3. The Kier molecular flexibility index (Phi) is 7.16. The van der Waals surface area contributed by atoms with Crippen LogP contribution in [0, 0.1) is 0 Å². The molecule has 0 radical (unpaired) electrons.